The van der Waals surface area contributed by atoms with Gasteiger partial charge in [-0.25, -0.2) is 4.39 Å². The Morgan fingerprint density at radius 1 is 1.12 bits per heavy atom. The highest BCUT2D eigenvalue weighted by molar-refractivity contribution is 5.59. The highest BCUT2D eigenvalue weighted by Crippen LogP contribution is 2.19. The molecule has 0 saturated heterocycles. The van der Waals surface area contributed by atoms with Gasteiger partial charge in [0, 0.05) is 5.56 Å². The van der Waals surface area contributed by atoms with E-state index < -0.39 is 0 Å². The van der Waals surface area contributed by atoms with Crippen LogP contribution < -0.4 is 4.74 Å². The number of rotatable bonds is 3. The van der Waals surface area contributed by atoms with Gasteiger partial charge in [0.25, 0.3) is 0 Å². The first kappa shape index (κ1) is 10.6. The standard InChI is InChI=1S/C13H12FNO/c1-2-16-12-7-8-13(15-9-12)10-3-5-11(14)6-4-10/h3-9H,2H2,1H3. The number of aromatic nitrogens is 1. The molecule has 0 atom stereocenters. The predicted octanol–water partition coefficient (Wildman–Crippen LogP) is 3.29. The maximum Gasteiger partial charge on any atom is 0.137 e. The van der Waals surface area contributed by atoms with E-state index in [1.54, 1.807) is 18.3 Å². The van der Waals surface area contributed by atoms with Crippen molar-refractivity contribution in [2.24, 2.45) is 0 Å². The quantitative estimate of drug-likeness (QED) is 0.787. The summed E-state index contributed by atoms with van der Waals surface area (Å²) in [6, 6.07) is 9.98. The van der Waals surface area contributed by atoms with Crippen LogP contribution in [-0.4, -0.2) is 11.6 Å². The Bertz CT molecular complexity index is 450. The van der Waals surface area contributed by atoms with E-state index >= 15 is 0 Å². The minimum atomic E-state index is -0.241. The van der Waals surface area contributed by atoms with E-state index in [9.17, 15) is 4.39 Å². The first-order chi connectivity index (χ1) is 7.79. The largest absolute Gasteiger partial charge is 0.492 e. The predicted molar refractivity (Wildman–Crippen MR) is 60.8 cm³/mol. The molecule has 3 heteroatoms. The molecule has 0 aliphatic heterocycles. The summed E-state index contributed by atoms with van der Waals surface area (Å²) in [7, 11) is 0. The zero-order valence-corrected chi connectivity index (χ0v) is 8.98. The molecule has 16 heavy (non-hydrogen) atoms. The maximum absolute atomic E-state index is 12.7. The van der Waals surface area contributed by atoms with Gasteiger partial charge in [-0.3, -0.25) is 4.98 Å². The fourth-order valence-corrected chi connectivity index (χ4v) is 1.42. The van der Waals surface area contributed by atoms with Crippen LogP contribution in [0.2, 0.25) is 0 Å². The van der Waals surface area contributed by atoms with Crippen molar-refractivity contribution < 1.29 is 9.13 Å². The molecule has 1 heterocycles. The van der Waals surface area contributed by atoms with E-state index in [1.807, 2.05) is 19.1 Å². The van der Waals surface area contributed by atoms with E-state index in [0.29, 0.717) is 6.61 Å². The lowest BCUT2D eigenvalue weighted by Gasteiger charge is -2.04. The van der Waals surface area contributed by atoms with E-state index in [2.05, 4.69) is 4.98 Å². The van der Waals surface area contributed by atoms with Gasteiger partial charge in [-0.05, 0) is 43.3 Å². The van der Waals surface area contributed by atoms with Gasteiger partial charge in [-0.15, -0.1) is 0 Å². The molecule has 82 valence electrons. The van der Waals surface area contributed by atoms with Crippen LogP contribution in [-0.2, 0) is 0 Å². The van der Waals surface area contributed by atoms with Crippen LogP contribution in [0.3, 0.4) is 0 Å². The molecule has 0 saturated carbocycles. The van der Waals surface area contributed by atoms with E-state index in [4.69, 9.17) is 4.74 Å². The van der Waals surface area contributed by atoms with Gasteiger partial charge in [-0.1, -0.05) is 0 Å². The third-order valence-corrected chi connectivity index (χ3v) is 2.19. The molecule has 2 rings (SSSR count). The second-order valence-corrected chi connectivity index (χ2v) is 3.32. The molecule has 1 aromatic carbocycles. The Morgan fingerprint density at radius 3 is 2.44 bits per heavy atom. The van der Waals surface area contributed by atoms with Crippen LogP contribution in [0.15, 0.2) is 42.6 Å². The summed E-state index contributed by atoms with van der Waals surface area (Å²) < 4.78 is 18.0. The van der Waals surface area contributed by atoms with Crippen molar-refractivity contribution in [2.45, 2.75) is 6.92 Å². The van der Waals surface area contributed by atoms with E-state index in [-0.39, 0.29) is 5.82 Å². The van der Waals surface area contributed by atoms with Crippen molar-refractivity contribution in [2.75, 3.05) is 6.61 Å². The van der Waals surface area contributed by atoms with Crippen LogP contribution in [0.25, 0.3) is 11.3 Å². The van der Waals surface area contributed by atoms with E-state index in [0.717, 1.165) is 17.0 Å². The molecule has 1 aromatic heterocycles. The highest BCUT2D eigenvalue weighted by Gasteiger charge is 2.00. The van der Waals surface area contributed by atoms with Crippen molar-refractivity contribution >= 4 is 0 Å². The van der Waals surface area contributed by atoms with Crippen LogP contribution in [0, 0.1) is 5.82 Å². The fourth-order valence-electron chi connectivity index (χ4n) is 1.42. The van der Waals surface area contributed by atoms with Gasteiger partial charge >= 0.3 is 0 Å². The normalized spacial score (nSPS) is 10.1. The Hall–Kier alpha value is -1.90. The minimum absolute atomic E-state index is 0.241. The van der Waals surface area contributed by atoms with Crippen molar-refractivity contribution in [3.05, 3.63) is 48.4 Å². The molecule has 0 bridgehead atoms. The molecule has 0 N–H and O–H groups in total. The van der Waals surface area contributed by atoms with Crippen molar-refractivity contribution in [3.63, 3.8) is 0 Å². The van der Waals surface area contributed by atoms with Crippen LogP contribution in [0.5, 0.6) is 5.75 Å². The van der Waals surface area contributed by atoms with Gasteiger partial charge in [0.2, 0.25) is 0 Å². The lowest BCUT2D eigenvalue weighted by molar-refractivity contribution is 0.339. The summed E-state index contributed by atoms with van der Waals surface area (Å²) in [6.45, 7) is 2.55. The summed E-state index contributed by atoms with van der Waals surface area (Å²) in [5.74, 6) is 0.503. The van der Waals surface area contributed by atoms with Crippen molar-refractivity contribution in [1.82, 2.24) is 4.98 Å². The minimum Gasteiger partial charge on any atom is -0.492 e. The topological polar surface area (TPSA) is 22.1 Å². The molecule has 0 aliphatic rings. The third-order valence-electron chi connectivity index (χ3n) is 2.19. The molecule has 0 radical (unpaired) electrons. The number of halogens is 1. The molecule has 2 aromatic rings. The average molecular weight is 217 g/mol. The number of pyridine rings is 1. The average Bonchev–Trinajstić information content (AvgIpc) is 2.32. The maximum atomic E-state index is 12.7. The van der Waals surface area contributed by atoms with Crippen LogP contribution in [0.1, 0.15) is 6.92 Å². The van der Waals surface area contributed by atoms with E-state index in [1.165, 1.54) is 12.1 Å². The molecule has 2 nitrogen and oxygen atoms in total. The summed E-state index contributed by atoms with van der Waals surface area (Å²) in [6.07, 6.45) is 1.67. The Morgan fingerprint density at radius 2 is 1.88 bits per heavy atom. The fraction of sp³-hybridized carbons (Fsp3) is 0.154. The van der Waals surface area contributed by atoms with Gasteiger partial charge in [0.05, 0.1) is 18.5 Å². The third kappa shape index (κ3) is 2.37. The van der Waals surface area contributed by atoms with Gasteiger partial charge in [-0.2, -0.15) is 0 Å². The first-order valence-corrected chi connectivity index (χ1v) is 5.14. The van der Waals surface area contributed by atoms with Crippen LogP contribution in [0.4, 0.5) is 4.39 Å². The summed E-state index contributed by atoms with van der Waals surface area (Å²) >= 11 is 0. The lowest BCUT2D eigenvalue weighted by atomic mass is 10.1. The Balaban J connectivity index is 2.24. The molecular formula is C13H12FNO. The van der Waals surface area contributed by atoms with Crippen molar-refractivity contribution in [3.8, 4) is 17.0 Å². The number of benzene rings is 1. The summed E-state index contributed by atoms with van der Waals surface area (Å²) in [4.78, 5) is 4.25. The van der Waals surface area contributed by atoms with Gasteiger partial charge in [0.15, 0.2) is 0 Å². The molecule has 0 spiro atoms. The SMILES string of the molecule is CCOc1ccc(-c2ccc(F)cc2)nc1. The number of nitrogens with zero attached hydrogens (tertiary/aromatic N) is 1. The number of hydrogen-bond acceptors (Lipinski definition) is 2. The Kier molecular flexibility index (Phi) is 3.15. The number of hydrogen-bond donors (Lipinski definition) is 0. The zero-order valence-electron chi connectivity index (χ0n) is 8.98. The second-order valence-electron chi connectivity index (χ2n) is 3.32. The number of ether oxygens (including phenoxy) is 1. The van der Waals surface area contributed by atoms with Crippen LogP contribution >= 0.6 is 0 Å². The smallest absolute Gasteiger partial charge is 0.137 e. The zero-order chi connectivity index (χ0) is 11.4. The molecule has 0 fully saturated rings. The summed E-state index contributed by atoms with van der Waals surface area (Å²) in [5.41, 5.74) is 1.70. The first-order valence-electron chi connectivity index (χ1n) is 5.14. The summed E-state index contributed by atoms with van der Waals surface area (Å²) in [5, 5.41) is 0. The van der Waals surface area contributed by atoms with Gasteiger partial charge < -0.3 is 4.74 Å². The molecular weight excluding hydrogens is 205 g/mol. The van der Waals surface area contributed by atoms with Gasteiger partial charge in [0.1, 0.15) is 11.6 Å². The second kappa shape index (κ2) is 4.75. The monoisotopic (exact) mass is 217 g/mol. The molecule has 0 unspecified atom stereocenters. The lowest BCUT2D eigenvalue weighted by Crippen LogP contribution is -1.92. The highest BCUT2D eigenvalue weighted by atomic mass is 19.1. The molecule has 0 amide bonds. The molecule has 0 aliphatic carbocycles. The van der Waals surface area contributed by atoms with Crippen molar-refractivity contribution in [1.29, 1.82) is 0 Å². The Labute approximate surface area is 93.7 Å².